The first-order valence-electron chi connectivity index (χ1n) is 24.3. The number of rotatable bonds is 7. The van der Waals surface area contributed by atoms with Gasteiger partial charge in [-0.1, -0.05) is 133 Å². The minimum atomic E-state index is 0.873. The predicted molar refractivity (Wildman–Crippen MR) is 298 cm³/mol. The van der Waals surface area contributed by atoms with Crippen LogP contribution in [0, 0.1) is 0 Å². The van der Waals surface area contributed by atoms with Crippen LogP contribution in [0.25, 0.3) is 109 Å². The summed E-state index contributed by atoms with van der Waals surface area (Å²) in [5.41, 5.74) is 18.0. The van der Waals surface area contributed by atoms with E-state index in [0.717, 1.165) is 56.1 Å². The molecule has 0 bridgehead atoms. The molecule has 0 unspecified atom stereocenters. The fourth-order valence-electron chi connectivity index (χ4n) is 12.1. The van der Waals surface area contributed by atoms with Gasteiger partial charge < -0.3 is 23.0 Å². The van der Waals surface area contributed by atoms with Crippen molar-refractivity contribution in [2.75, 3.05) is 9.80 Å². The number of nitrogens with zero attached hydrogens (tertiary/aromatic N) is 4. The molecule has 5 heterocycles. The maximum atomic E-state index is 6.33. The van der Waals surface area contributed by atoms with E-state index in [1.165, 1.54) is 87.3 Å². The second-order valence-corrected chi connectivity index (χ2v) is 18.9. The summed E-state index contributed by atoms with van der Waals surface area (Å²) < 4.78 is 11.3. The highest BCUT2D eigenvalue weighted by Gasteiger charge is 2.25. The van der Waals surface area contributed by atoms with E-state index in [4.69, 9.17) is 4.42 Å². The third kappa shape index (κ3) is 5.46. The molecule has 11 aromatic carbocycles. The van der Waals surface area contributed by atoms with Crippen LogP contribution < -0.4 is 9.80 Å². The molecular formula is C66H40N4O. The van der Waals surface area contributed by atoms with Gasteiger partial charge in [-0.05, 0) is 120 Å². The third-order valence-corrected chi connectivity index (χ3v) is 15.1. The summed E-state index contributed by atoms with van der Waals surface area (Å²) in [7, 11) is 0. The van der Waals surface area contributed by atoms with Gasteiger partial charge in [0.1, 0.15) is 11.2 Å². The van der Waals surface area contributed by atoms with Crippen LogP contribution in [0.3, 0.4) is 0 Å². The molecule has 0 N–H and O–H groups in total. The minimum absolute atomic E-state index is 0.873. The Morgan fingerprint density at radius 1 is 0.239 bits per heavy atom. The first-order chi connectivity index (χ1) is 35.2. The molecule has 16 aromatic rings. The summed E-state index contributed by atoms with van der Waals surface area (Å²) in [5.74, 6) is 0. The van der Waals surface area contributed by atoms with E-state index in [1.54, 1.807) is 0 Å². The number of hydrogen-bond donors (Lipinski definition) is 0. The van der Waals surface area contributed by atoms with Gasteiger partial charge in [0.2, 0.25) is 0 Å². The van der Waals surface area contributed by atoms with Gasteiger partial charge in [0, 0.05) is 88.0 Å². The number of fused-ring (bicyclic) bond motifs is 15. The number of furan rings is 1. The van der Waals surface area contributed by atoms with Gasteiger partial charge in [0.25, 0.3) is 0 Å². The summed E-state index contributed by atoms with van der Waals surface area (Å²) in [6.07, 6.45) is 0. The fraction of sp³-hybridized carbons (Fsp3) is 0. The van der Waals surface area contributed by atoms with Gasteiger partial charge in [-0.15, -0.1) is 0 Å². The van der Waals surface area contributed by atoms with E-state index >= 15 is 0 Å². The Morgan fingerprint density at radius 3 is 1.06 bits per heavy atom. The van der Waals surface area contributed by atoms with Crippen molar-refractivity contribution < 1.29 is 4.42 Å². The molecule has 0 radical (unpaired) electrons. The van der Waals surface area contributed by atoms with Crippen LogP contribution in [0.2, 0.25) is 0 Å². The van der Waals surface area contributed by atoms with Crippen LogP contribution in [0.1, 0.15) is 0 Å². The Balaban J connectivity index is 0.935. The Hall–Kier alpha value is -9.58. The number of aromatic nitrogens is 2. The van der Waals surface area contributed by atoms with Gasteiger partial charge >= 0.3 is 0 Å². The summed E-state index contributed by atoms with van der Waals surface area (Å²) >= 11 is 0. The van der Waals surface area contributed by atoms with Crippen LogP contribution in [0.15, 0.2) is 247 Å². The van der Waals surface area contributed by atoms with Crippen molar-refractivity contribution in [2.24, 2.45) is 0 Å². The molecule has 5 nitrogen and oxygen atoms in total. The number of para-hydroxylation sites is 5. The molecule has 0 aliphatic carbocycles. The molecule has 5 heteroatoms. The summed E-state index contributed by atoms with van der Waals surface area (Å²) in [5, 5.41) is 12.1. The predicted octanol–water partition coefficient (Wildman–Crippen LogP) is 18.5. The van der Waals surface area contributed by atoms with Crippen molar-refractivity contribution in [3.8, 4) is 11.1 Å². The van der Waals surface area contributed by atoms with Gasteiger partial charge in [-0.3, -0.25) is 0 Å². The largest absolute Gasteiger partial charge is 0.456 e. The van der Waals surface area contributed by atoms with Crippen LogP contribution in [0.4, 0.5) is 34.1 Å². The molecule has 0 atom stereocenters. The standard InChI is InChI=1S/C66H40N4O/c1-2-14-41(15-3-1)42-26-28-43(29-27-42)67(46-34-35-64-54(36-46)53-20-8-13-25-63(53)71-64)44-30-32-45(33-31-44)68(47-37-55-49-16-4-9-21-59(49)69-60-22-10-5-17-50(60)56(38-47)65(55)69)48-39-57-51-18-6-11-23-61(51)70-62-24-12-7-19-52(62)58(40-48)66(57)70/h1-40H. The van der Waals surface area contributed by atoms with Crippen molar-refractivity contribution >= 4 is 132 Å². The van der Waals surface area contributed by atoms with Crippen LogP contribution in [-0.2, 0) is 0 Å². The topological polar surface area (TPSA) is 28.4 Å². The van der Waals surface area contributed by atoms with E-state index in [-0.39, 0.29) is 0 Å². The second-order valence-electron chi connectivity index (χ2n) is 18.9. The summed E-state index contributed by atoms with van der Waals surface area (Å²) in [6.45, 7) is 0. The molecule has 0 aliphatic heterocycles. The lowest BCUT2D eigenvalue weighted by molar-refractivity contribution is 0.669. The average molecular weight is 905 g/mol. The maximum Gasteiger partial charge on any atom is 0.135 e. The molecular weight excluding hydrogens is 865 g/mol. The van der Waals surface area contributed by atoms with E-state index in [9.17, 15) is 0 Å². The highest BCUT2D eigenvalue weighted by molar-refractivity contribution is 6.26. The van der Waals surface area contributed by atoms with Gasteiger partial charge in [-0.25, -0.2) is 0 Å². The van der Waals surface area contributed by atoms with Crippen molar-refractivity contribution in [2.45, 2.75) is 0 Å². The van der Waals surface area contributed by atoms with Gasteiger partial charge in [-0.2, -0.15) is 0 Å². The van der Waals surface area contributed by atoms with E-state index in [1.807, 2.05) is 12.1 Å². The molecule has 0 amide bonds. The molecule has 0 saturated heterocycles. The minimum Gasteiger partial charge on any atom is -0.456 e. The number of benzene rings is 11. The molecule has 16 rings (SSSR count). The number of anilines is 6. The summed E-state index contributed by atoms with van der Waals surface area (Å²) in [6, 6.07) is 88.6. The van der Waals surface area contributed by atoms with Gasteiger partial charge in [0.15, 0.2) is 0 Å². The first kappa shape index (κ1) is 38.4. The first-order valence-corrected chi connectivity index (χ1v) is 24.3. The Bertz CT molecular complexity index is 4400. The number of hydrogen-bond acceptors (Lipinski definition) is 3. The monoisotopic (exact) mass is 904 g/mol. The maximum absolute atomic E-state index is 6.33. The average Bonchev–Trinajstić information content (AvgIpc) is 4.24. The normalized spacial score (nSPS) is 12.2. The lowest BCUT2D eigenvalue weighted by atomic mass is 10.0. The van der Waals surface area contributed by atoms with Crippen LogP contribution >= 0.6 is 0 Å². The van der Waals surface area contributed by atoms with Crippen LogP contribution in [-0.4, -0.2) is 8.80 Å². The van der Waals surface area contributed by atoms with Crippen molar-refractivity contribution in [1.82, 2.24) is 8.80 Å². The molecule has 71 heavy (non-hydrogen) atoms. The third-order valence-electron chi connectivity index (χ3n) is 15.1. The lowest BCUT2D eigenvalue weighted by Crippen LogP contribution is -2.12. The Morgan fingerprint density at radius 2 is 0.577 bits per heavy atom. The molecule has 5 aromatic heterocycles. The zero-order chi connectivity index (χ0) is 46.3. The highest BCUT2D eigenvalue weighted by atomic mass is 16.3. The van der Waals surface area contributed by atoms with Crippen molar-refractivity contribution in [1.29, 1.82) is 0 Å². The Kier molecular flexibility index (Phi) is 7.82. The van der Waals surface area contributed by atoms with E-state index in [2.05, 4.69) is 249 Å². The lowest BCUT2D eigenvalue weighted by Gasteiger charge is -2.29. The van der Waals surface area contributed by atoms with Crippen molar-refractivity contribution in [3.63, 3.8) is 0 Å². The Labute approximate surface area is 407 Å². The van der Waals surface area contributed by atoms with Gasteiger partial charge in [0.05, 0.1) is 33.1 Å². The van der Waals surface area contributed by atoms with E-state index < -0.39 is 0 Å². The molecule has 0 saturated carbocycles. The second kappa shape index (κ2) is 14.5. The molecule has 0 spiro atoms. The molecule has 0 aliphatic rings. The van der Waals surface area contributed by atoms with Crippen molar-refractivity contribution in [3.05, 3.63) is 243 Å². The molecule has 0 fully saturated rings. The zero-order valence-corrected chi connectivity index (χ0v) is 38.3. The van der Waals surface area contributed by atoms with Crippen LogP contribution in [0.5, 0.6) is 0 Å². The highest BCUT2D eigenvalue weighted by Crippen LogP contribution is 2.49. The summed E-state index contributed by atoms with van der Waals surface area (Å²) in [4.78, 5) is 4.85. The zero-order valence-electron chi connectivity index (χ0n) is 38.3. The van der Waals surface area contributed by atoms with E-state index in [0.29, 0.717) is 0 Å². The fourth-order valence-corrected chi connectivity index (χ4v) is 12.1. The quantitative estimate of drug-likeness (QED) is 0.160. The molecule has 330 valence electrons. The smallest absolute Gasteiger partial charge is 0.135 e. The SMILES string of the molecule is c1ccc(-c2ccc(N(c3ccc(N(c4cc5c6ccccc6n6c7ccccc7c(c4)c56)c4cc5c6ccccc6n6c7ccccc7c(c4)c56)cc3)c3ccc4oc5ccccc5c4c3)cc2)cc1.